The van der Waals surface area contributed by atoms with E-state index in [1.54, 1.807) is 0 Å². The average Bonchev–Trinajstić information content (AvgIpc) is 1.55. The molecule has 14 nitrogen and oxygen atoms in total. The van der Waals surface area contributed by atoms with E-state index in [0.29, 0.717) is 23.8 Å². The summed E-state index contributed by atoms with van der Waals surface area (Å²) in [5, 5.41) is 17.1. The smallest absolute Gasteiger partial charge is 0.240 e. The lowest BCUT2D eigenvalue weighted by Crippen LogP contribution is -2.14. The van der Waals surface area contributed by atoms with Gasteiger partial charge in [-0.3, -0.25) is 18.3 Å². The third-order valence-corrected chi connectivity index (χ3v) is 24.2. The number of hydrogen-bond donors (Lipinski definition) is 0. The second-order valence-electron chi connectivity index (χ2n) is 30.1. The highest BCUT2D eigenvalue weighted by molar-refractivity contribution is 6.28. The van der Waals surface area contributed by atoms with Gasteiger partial charge < -0.3 is 18.3 Å². The van der Waals surface area contributed by atoms with Gasteiger partial charge in [0, 0.05) is 109 Å². The van der Waals surface area contributed by atoms with Crippen molar-refractivity contribution in [2.24, 2.45) is 0 Å². The lowest BCUT2D eigenvalue weighted by molar-refractivity contribution is 0.856. The van der Waals surface area contributed by atoms with Crippen molar-refractivity contribution in [3.63, 3.8) is 0 Å². The Morgan fingerprint density at radius 3 is 0.448 bits per heavy atom. The van der Waals surface area contributed by atoms with Crippen molar-refractivity contribution in [2.75, 3.05) is 0 Å². The summed E-state index contributed by atoms with van der Waals surface area (Å²) in [5.74, 6) is 1.86. The van der Waals surface area contributed by atoms with Crippen LogP contribution in [-0.2, 0) is 0 Å². The molecule has 0 spiro atoms. The fourth-order valence-electron chi connectivity index (χ4n) is 19.5. The predicted octanol–water partition coefficient (Wildman–Crippen LogP) is 24.5. The van der Waals surface area contributed by atoms with E-state index in [9.17, 15) is 0 Å². The highest BCUT2D eigenvalue weighted by Crippen LogP contribution is 2.48. The van der Waals surface area contributed by atoms with E-state index in [1.807, 2.05) is 0 Å². The number of benzene rings is 16. The molecule has 0 radical (unpaired) electrons. The molecule has 14 heteroatoms. The summed E-state index contributed by atoms with van der Waals surface area (Å²) in [6.45, 7) is 0. The first-order valence-corrected chi connectivity index (χ1v) is 39.2. The van der Waals surface area contributed by atoms with Gasteiger partial charge in [-0.1, -0.05) is 267 Å². The normalized spacial score (nSPS) is 12.3. The lowest BCUT2D eigenvalue weighted by atomic mass is 10.1. The lowest BCUT2D eigenvalue weighted by Gasteiger charge is -2.16. The molecule has 0 aliphatic rings. The zero-order chi connectivity index (χ0) is 75.5. The molecular weight excluding hydrogens is 1420 g/mol. The van der Waals surface area contributed by atoms with E-state index in [2.05, 4.69) is 401 Å². The summed E-state index contributed by atoms with van der Waals surface area (Å²) in [5.41, 5.74) is 19.7. The molecule has 116 heavy (non-hydrogen) atoms. The molecule has 26 rings (SSSR count). The third kappa shape index (κ3) is 8.56. The van der Waals surface area contributed by atoms with Gasteiger partial charge >= 0.3 is 0 Å². The molecule has 538 valence electrons. The molecule has 0 saturated carbocycles. The maximum atomic E-state index is 6.06. The number of rotatable bonds is 9. The summed E-state index contributed by atoms with van der Waals surface area (Å²) in [4.78, 5) is 36.3. The van der Waals surface area contributed by atoms with Gasteiger partial charge in [0.15, 0.2) is 0 Å². The van der Waals surface area contributed by atoms with Crippen LogP contribution >= 0.6 is 0 Å². The minimum atomic E-state index is 0.215. The van der Waals surface area contributed by atoms with Crippen molar-refractivity contribution in [1.82, 2.24) is 66.4 Å². The zero-order valence-electron chi connectivity index (χ0n) is 61.9. The van der Waals surface area contributed by atoms with Crippen molar-refractivity contribution in [3.05, 3.63) is 364 Å². The Hall–Kier alpha value is -16.1. The van der Waals surface area contributed by atoms with E-state index in [1.165, 1.54) is 0 Å². The zero-order valence-corrected chi connectivity index (χ0v) is 61.9. The molecule has 0 aliphatic heterocycles. The summed E-state index contributed by atoms with van der Waals surface area (Å²) in [6.07, 6.45) is 0. The highest BCUT2D eigenvalue weighted by atomic mass is 15.3. The van der Waals surface area contributed by atoms with Gasteiger partial charge in [-0.25, -0.2) is 0 Å². The molecule has 10 aromatic heterocycles. The first kappa shape index (κ1) is 62.7. The van der Waals surface area contributed by atoms with Crippen LogP contribution in [0.4, 0.5) is 0 Å². The first-order chi connectivity index (χ1) is 57.6. The van der Waals surface area contributed by atoms with E-state index in [0.717, 1.165) is 197 Å². The van der Waals surface area contributed by atoms with Gasteiger partial charge in [0.2, 0.25) is 35.4 Å². The Labute approximate surface area is 659 Å². The number of para-hydroxylation sites is 12. The SMILES string of the molecule is c1ccc(-n2c3ccccc3c3ccc4c5ccccc5n(-c5nc(-c6nc(-n7c8ccccc8c8ccc9c%10ccccc%10n(-c%10ccccc%10)c9c87)nc(-n7c8ccccc8c8ccc9c%10ccccc%10n(-c%10ccccc%10)c9c87)n6)nc(-n6c7ccccc7c7ccc8c9ccccc9n(-c9ccccc9)c8c76)n5)c4c32)cc1. The van der Waals surface area contributed by atoms with Gasteiger partial charge in [-0.05, 0) is 97.1 Å². The molecule has 0 amide bonds. The standard InChI is InChI=1S/C102H60N14/c1-5-29-61(30-6-1)109-81-45-21-13-37-65(81)73-53-57-77-69-41-17-25-49-85(69)113(93(77)89(73)109)99-103-97(104-100(107-99)114-86-50-26-18-42-70(86)78-58-54-74-66-38-14-22-46-82(66)110(90(74)94(78)114)62-31-7-2-8-32-62)98-105-101(115-87-51-27-19-43-71(87)79-59-55-75-67-39-15-23-47-83(67)111(91(75)95(79)115)63-33-9-3-10-34-63)108-102(106-98)116-88-52-28-20-44-72(88)80-60-56-76-68-40-16-24-48-84(68)112(92(76)96(80)116)64-35-11-4-12-36-64/h1-60H. The summed E-state index contributed by atoms with van der Waals surface area (Å²) < 4.78 is 18.7. The van der Waals surface area contributed by atoms with Crippen LogP contribution in [0.5, 0.6) is 0 Å². The van der Waals surface area contributed by atoms with Crippen molar-refractivity contribution in [2.45, 2.75) is 0 Å². The second kappa shape index (κ2) is 23.7. The van der Waals surface area contributed by atoms with Crippen LogP contribution < -0.4 is 0 Å². The minimum absolute atomic E-state index is 0.215. The quantitative estimate of drug-likeness (QED) is 0.142. The van der Waals surface area contributed by atoms with Crippen LogP contribution in [0, 0.1) is 0 Å². The monoisotopic (exact) mass is 1480 g/mol. The van der Waals surface area contributed by atoms with E-state index in [4.69, 9.17) is 29.9 Å². The first-order valence-electron chi connectivity index (χ1n) is 39.2. The molecule has 0 N–H and O–H groups in total. The van der Waals surface area contributed by atoms with Gasteiger partial charge in [-0.15, -0.1) is 0 Å². The summed E-state index contributed by atoms with van der Waals surface area (Å²) in [6, 6.07) is 130. The number of hydrogen-bond acceptors (Lipinski definition) is 6. The molecule has 0 fully saturated rings. The van der Waals surface area contributed by atoms with Crippen LogP contribution in [0.25, 0.3) is 233 Å². The number of nitrogens with zero attached hydrogens (tertiary/aromatic N) is 14. The Bertz CT molecular complexity index is 7700. The molecule has 26 aromatic rings. The maximum Gasteiger partial charge on any atom is 0.240 e. The van der Waals surface area contributed by atoms with Crippen molar-refractivity contribution in [3.8, 4) is 58.2 Å². The highest BCUT2D eigenvalue weighted by Gasteiger charge is 2.32. The maximum absolute atomic E-state index is 6.06. The van der Waals surface area contributed by atoms with Gasteiger partial charge in [0.05, 0.1) is 88.3 Å². The van der Waals surface area contributed by atoms with E-state index in [-0.39, 0.29) is 11.6 Å². The van der Waals surface area contributed by atoms with Crippen LogP contribution in [0.2, 0.25) is 0 Å². The molecule has 0 aliphatic carbocycles. The Balaban J connectivity index is 0.868. The van der Waals surface area contributed by atoms with E-state index < -0.39 is 0 Å². The largest absolute Gasteiger partial charge is 0.307 e. The minimum Gasteiger partial charge on any atom is -0.307 e. The molecule has 16 aromatic carbocycles. The third-order valence-electron chi connectivity index (χ3n) is 24.2. The van der Waals surface area contributed by atoms with Crippen molar-refractivity contribution < 1.29 is 0 Å². The number of fused-ring (bicyclic) bond motifs is 28. The van der Waals surface area contributed by atoms with Crippen LogP contribution in [-0.4, -0.2) is 66.4 Å². The van der Waals surface area contributed by atoms with Crippen LogP contribution in [0.3, 0.4) is 0 Å². The van der Waals surface area contributed by atoms with Crippen molar-refractivity contribution >= 4 is 174 Å². The van der Waals surface area contributed by atoms with Gasteiger partial charge in [0.1, 0.15) is 0 Å². The predicted molar refractivity (Wildman–Crippen MR) is 473 cm³/mol. The average molecular weight is 1480 g/mol. The molecule has 10 heterocycles. The van der Waals surface area contributed by atoms with Gasteiger partial charge in [-0.2, -0.15) is 29.9 Å². The van der Waals surface area contributed by atoms with Crippen molar-refractivity contribution in [1.29, 1.82) is 0 Å². The molecular formula is C102H60N14. The summed E-state index contributed by atoms with van der Waals surface area (Å²) >= 11 is 0. The fourth-order valence-corrected chi connectivity index (χ4v) is 19.5. The molecule has 0 saturated heterocycles. The second-order valence-corrected chi connectivity index (χ2v) is 30.1. The van der Waals surface area contributed by atoms with E-state index >= 15 is 0 Å². The fraction of sp³-hybridized carbons (Fsp3) is 0. The number of aromatic nitrogens is 14. The summed E-state index contributed by atoms with van der Waals surface area (Å²) in [7, 11) is 0. The van der Waals surface area contributed by atoms with Gasteiger partial charge in [0.25, 0.3) is 0 Å². The Morgan fingerprint density at radius 2 is 0.267 bits per heavy atom. The van der Waals surface area contributed by atoms with Crippen LogP contribution in [0.15, 0.2) is 364 Å². The topological polar surface area (TPSA) is 117 Å². The Kier molecular flexibility index (Phi) is 12.8. The van der Waals surface area contributed by atoms with Crippen LogP contribution in [0.1, 0.15) is 0 Å². The molecule has 0 atom stereocenters. The molecule has 0 unspecified atom stereocenters. The molecule has 0 bridgehead atoms. The Morgan fingerprint density at radius 1 is 0.121 bits per heavy atom.